The molecule has 1 heterocycles. The van der Waals surface area contributed by atoms with Crippen LogP contribution in [0.5, 0.6) is 5.75 Å². The van der Waals surface area contributed by atoms with Gasteiger partial charge in [0.15, 0.2) is 22.7 Å². The van der Waals surface area contributed by atoms with Gasteiger partial charge in [-0.25, -0.2) is 4.39 Å². The minimum absolute atomic E-state index is 0.102. The van der Waals surface area contributed by atoms with E-state index in [1.54, 1.807) is 6.07 Å². The Morgan fingerprint density at radius 1 is 0.765 bits per heavy atom. The molecule has 0 spiro atoms. The lowest BCUT2D eigenvalue weighted by molar-refractivity contribution is 0.238. The number of furan rings is 1. The Hall–Kier alpha value is -2.10. The SMILES string of the molecule is CCCC1CCC(c2ccc3c(oc4c(F)c(OCC5CCC(CCC)C5)ccc43)c2F)CC1. The fourth-order valence-corrected chi connectivity index (χ4v) is 6.64. The van der Waals surface area contributed by atoms with Gasteiger partial charge < -0.3 is 9.15 Å². The van der Waals surface area contributed by atoms with E-state index in [-0.39, 0.29) is 28.7 Å². The molecule has 2 atom stereocenters. The molecule has 2 aliphatic rings. The summed E-state index contributed by atoms with van der Waals surface area (Å²) in [6, 6.07) is 7.28. The van der Waals surface area contributed by atoms with Gasteiger partial charge in [0, 0.05) is 10.8 Å². The smallest absolute Gasteiger partial charge is 0.208 e. The highest BCUT2D eigenvalue weighted by Gasteiger charge is 2.28. The molecule has 1 aromatic heterocycles. The van der Waals surface area contributed by atoms with Gasteiger partial charge in [0.25, 0.3) is 0 Å². The Labute approximate surface area is 202 Å². The first-order valence-corrected chi connectivity index (χ1v) is 13.5. The van der Waals surface area contributed by atoms with Gasteiger partial charge in [0.05, 0.1) is 6.61 Å². The molecule has 184 valence electrons. The first-order chi connectivity index (χ1) is 16.6. The molecule has 3 aromatic rings. The normalized spacial score (nSPS) is 25.4. The molecule has 2 unspecified atom stereocenters. The molecular formula is C30H38F2O2. The van der Waals surface area contributed by atoms with Gasteiger partial charge in [-0.3, -0.25) is 0 Å². The zero-order chi connectivity index (χ0) is 23.7. The average molecular weight is 469 g/mol. The molecule has 0 bridgehead atoms. The van der Waals surface area contributed by atoms with E-state index in [1.165, 1.54) is 32.1 Å². The highest BCUT2D eigenvalue weighted by atomic mass is 19.1. The number of fused-ring (bicyclic) bond motifs is 3. The molecule has 4 heteroatoms. The third-order valence-corrected chi connectivity index (χ3v) is 8.49. The second-order valence-corrected chi connectivity index (χ2v) is 10.9. The molecule has 2 nitrogen and oxygen atoms in total. The Kier molecular flexibility index (Phi) is 7.13. The second-order valence-electron chi connectivity index (χ2n) is 10.9. The van der Waals surface area contributed by atoms with Crippen LogP contribution in [0.1, 0.15) is 96.0 Å². The van der Waals surface area contributed by atoms with Crippen molar-refractivity contribution < 1.29 is 17.9 Å². The Bertz CT molecular complexity index is 1130. The van der Waals surface area contributed by atoms with E-state index in [0.717, 1.165) is 55.9 Å². The number of benzene rings is 2. The summed E-state index contributed by atoms with van der Waals surface area (Å²) < 4.78 is 42.7. The molecule has 0 amide bonds. The molecule has 0 N–H and O–H groups in total. The molecule has 2 fully saturated rings. The quantitative estimate of drug-likeness (QED) is 0.328. The van der Waals surface area contributed by atoms with Crippen LogP contribution in [0.15, 0.2) is 28.7 Å². The van der Waals surface area contributed by atoms with Gasteiger partial charge in [-0.2, -0.15) is 4.39 Å². The number of hydrogen-bond acceptors (Lipinski definition) is 2. The van der Waals surface area contributed by atoms with Crippen LogP contribution in [0, 0.1) is 29.4 Å². The van der Waals surface area contributed by atoms with E-state index >= 15 is 8.78 Å². The van der Waals surface area contributed by atoms with Crippen molar-refractivity contribution in [2.75, 3.05) is 6.61 Å². The van der Waals surface area contributed by atoms with Crippen LogP contribution >= 0.6 is 0 Å². The Morgan fingerprint density at radius 3 is 2.12 bits per heavy atom. The molecule has 2 aliphatic carbocycles. The molecule has 2 aromatic carbocycles. The highest BCUT2D eigenvalue weighted by Crippen LogP contribution is 2.42. The maximum absolute atomic E-state index is 15.6. The first kappa shape index (κ1) is 23.6. The lowest BCUT2D eigenvalue weighted by Crippen LogP contribution is -2.14. The fraction of sp³-hybridized carbons (Fsp3) is 0.600. The van der Waals surface area contributed by atoms with Gasteiger partial charge in [-0.05, 0) is 86.0 Å². The zero-order valence-electron chi connectivity index (χ0n) is 20.7. The predicted octanol–water partition coefficient (Wildman–Crippen LogP) is 9.53. The van der Waals surface area contributed by atoms with Crippen molar-refractivity contribution in [3.63, 3.8) is 0 Å². The van der Waals surface area contributed by atoms with E-state index in [1.807, 2.05) is 18.2 Å². The van der Waals surface area contributed by atoms with E-state index in [4.69, 9.17) is 9.15 Å². The van der Waals surface area contributed by atoms with Crippen molar-refractivity contribution in [1.29, 1.82) is 0 Å². The summed E-state index contributed by atoms with van der Waals surface area (Å²) in [5.41, 5.74) is 1.00. The topological polar surface area (TPSA) is 22.4 Å². The Balaban J connectivity index is 1.35. The number of ether oxygens (including phenoxy) is 1. The van der Waals surface area contributed by atoms with Crippen molar-refractivity contribution in [2.45, 2.75) is 90.4 Å². The van der Waals surface area contributed by atoms with Gasteiger partial charge >= 0.3 is 0 Å². The van der Waals surface area contributed by atoms with E-state index in [9.17, 15) is 0 Å². The predicted molar refractivity (Wildman–Crippen MR) is 134 cm³/mol. The van der Waals surface area contributed by atoms with Crippen molar-refractivity contribution in [1.82, 2.24) is 0 Å². The summed E-state index contributed by atoms with van der Waals surface area (Å²) in [5, 5.41) is 1.25. The average Bonchev–Trinajstić information content (AvgIpc) is 3.45. The van der Waals surface area contributed by atoms with Gasteiger partial charge in [-0.1, -0.05) is 52.0 Å². The minimum atomic E-state index is -0.516. The van der Waals surface area contributed by atoms with Crippen LogP contribution < -0.4 is 4.74 Å². The number of hydrogen-bond donors (Lipinski definition) is 0. The summed E-state index contributed by atoms with van der Waals surface area (Å²) in [6.45, 7) is 4.99. The second kappa shape index (κ2) is 10.3. The van der Waals surface area contributed by atoms with E-state index < -0.39 is 5.82 Å². The molecule has 0 aliphatic heterocycles. The standard InChI is InChI=1S/C30H38F2O2/c1-3-5-19-9-11-22(12-10-19)23-13-14-24-25-15-16-26(28(32)30(25)34-29(24)27(23)31)33-18-21-8-7-20(17-21)6-4-2/h13-16,19-22H,3-12,17-18H2,1-2H3. The third kappa shape index (κ3) is 4.57. The number of rotatable bonds is 8. The van der Waals surface area contributed by atoms with Crippen LogP contribution in [0.2, 0.25) is 0 Å². The summed E-state index contributed by atoms with van der Waals surface area (Å²) in [5.74, 6) is 1.63. The number of halogens is 2. The van der Waals surface area contributed by atoms with Crippen LogP contribution in [-0.2, 0) is 0 Å². The summed E-state index contributed by atoms with van der Waals surface area (Å²) in [4.78, 5) is 0. The van der Waals surface area contributed by atoms with Crippen molar-refractivity contribution in [2.24, 2.45) is 17.8 Å². The molecule has 0 radical (unpaired) electrons. The van der Waals surface area contributed by atoms with E-state index in [2.05, 4.69) is 13.8 Å². The minimum Gasteiger partial charge on any atom is -0.490 e. The van der Waals surface area contributed by atoms with Crippen LogP contribution in [0.4, 0.5) is 8.78 Å². The van der Waals surface area contributed by atoms with Gasteiger partial charge in [0.2, 0.25) is 5.82 Å². The maximum atomic E-state index is 15.6. The fourth-order valence-electron chi connectivity index (χ4n) is 6.64. The molecular weight excluding hydrogens is 430 g/mol. The van der Waals surface area contributed by atoms with Crippen molar-refractivity contribution in [3.8, 4) is 5.75 Å². The van der Waals surface area contributed by atoms with Crippen LogP contribution in [0.3, 0.4) is 0 Å². The van der Waals surface area contributed by atoms with Gasteiger partial charge in [0.1, 0.15) is 0 Å². The highest BCUT2D eigenvalue weighted by molar-refractivity contribution is 6.05. The summed E-state index contributed by atoms with van der Waals surface area (Å²) in [6.07, 6.45) is 12.9. The third-order valence-electron chi connectivity index (χ3n) is 8.49. The molecule has 0 saturated heterocycles. The van der Waals surface area contributed by atoms with E-state index in [0.29, 0.717) is 23.3 Å². The largest absolute Gasteiger partial charge is 0.490 e. The summed E-state index contributed by atoms with van der Waals surface area (Å²) in [7, 11) is 0. The lowest BCUT2D eigenvalue weighted by Gasteiger charge is -2.28. The molecule has 34 heavy (non-hydrogen) atoms. The van der Waals surface area contributed by atoms with Crippen LogP contribution in [-0.4, -0.2) is 6.61 Å². The molecule has 2 saturated carbocycles. The first-order valence-electron chi connectivity index (χ1n) is 13.5. The summed E-state index contributed by atoms with van der Waals surface area (Å²) >= 11 is 0. The lowest BCUT2D eigenvalue weighted by atomic mass is 9.77. The monoisotopic (exact) mass is 468 g/mol. The van der Waals surface area contributed by atoms with Crippen molar-refractivity contribution in [3.05, 3.63) is 41.5 Å². The van der Waals surface area contributed by atoms with Crippen LogP contribution in [0.25, 0.3) is 21.9 Å². The van der Waals surface area contributed by atoms with Gasteiger partial charge in [-0.15, -0.1) is 0 Å². The Morgan fingerprint density at radius 2 is 1.38 bits per heavy atom. The maximum Gasteiger partial charge on any atom is 0.208 e. The van der Waals surface area contributed by atoms with Crippen molar-refractivity contribution >= 4 is 21.9 Å². The zero-order valence-corrected chi connectivity index (χ0v) is 20.7. The molecule has 5 rings (SSSR count).